The number of hydrogen-bond acceptors (Lipinski definition) is 2. The molecule has 0 radical (unpaired) electrons. The quantitative estimate of drug-likeness (QED) is 0.608. The van der Waals surface area contributed by atoms with E-state index in [1.54, 1.807) is 12.8 Å². The first-order valence-corrected chi connectivity index (χ1v) is 7.11. The van der Waals surface area contributed by atoms with Crippen LogP contribution in [0.4, 0.5) is 0 Å². The summed E-state index contributed by atoms with van der Waals surface area (Å²) in [6.07, 6.45) is 3.10. The van der Waals surface area contributed by atoms with Crippen molar-refractivity contribution in [2.24, 2.45) is 35.5 Å². The zero-order chi connectivity index (χ0) is 10.9. The second kappa shape index (κ2) is 3.23. The lowest BCUT2D eigenvalue weighted by Crippen LogP contribution is -2.49. The number of likely N-dealkylation sites (tertiary alicyclic amines) is 2. The van der Waals surface area contributed by atoms with Gasteiger partial charge in [-0.3, -0.25) is 0 Å². The molecule has 5 aliphatic rings. The molecule has 2 heterocycles. The molecule has 0 amide bonds. The molecular formula is C14H24N2. The van der Waals surface area contributed by atoms with Gasteiger partial charge in [-0.15, -0.1) is 0 Å². The Morgan fingerprint density at radius 1 is 0.562 bits per heavy atom. The lowest BCUT2D eigenvalue weighted by Gasteiger charge is -2.52. The Balaban J connectivity index is 1.68. The van der Waals surface area contributed by atoms with Crippen LogP contribution in [0.1, 0.15) is 12.8 Å². The van der Waals surface area contributed by atoms with Gasteiger partial charge >= 0.3 is 0 Å². The van der Waals surface area contributed by atoms with E-state index in [0.717, 1.165) is 35.5 Å². The number of hydrogen-bond donors (Lipinski definition) is 0. The standard InChI is InChI=1S/C14H24N2/c1-15-5-11-9-3-4-10(12(11)6-15)14-8-16(2)7-13(9)14/h9-14H,3-8H2,1-2H3. The van der Waals surface area contributed by atoms with E-state index in [4.69, 9.17) is 0 Å². The molecule has 4 atom stereocenters. The van der Waals surface area contributed by atoms with Gasteiger partial charge in [0.05, 0.1) is 0 Å². The molecule has 5 fully saturated rings. The van der Waals surface area contributed by atoms with Crippen molar-refractivity contribution in [3.05, 3.63) is 0 Å². The van der Waals surface area contributed by atoms with E-state index >= 15 is 0 Å². The molecule has 2 saturated heterocycles. The van der Waals surface area contributed by atoms with Crippen LogP contribution in [-0.2, 0) is 0 Å². The van der Waals surface area contributed by atoms with Crippen LogP contribution in [0.15, 0.2) is 0 Å². The fourth-order valence-electron chi connectivity index (χ4n) is 5.82. The van der Waals surface area contributed by atoms with E-state index in [9.17, 15) is 0 Å². The van der Waals surface area contributed by atoms with Crippen molar-refractivity contribution in [1.29, 1.82) is 0 Å². The third-order valence-corrected chi connectivity index (χ3v) is 6.22. The minimum atomic E-state index is 1.07. The largest absolute Gasteiger partial charge is 0.306 e. The molecule has 0 aromatic carbocycles. The summed E-state index contributed by atoms with van der Waals surface area (Å²) < 4.78 is 0. The van der Waals surface area contributed by atoms with E-state index < -0.39 is 0 Å². The van der Waals surface area contributed by atoms with Crippen molar-refractivity contribution >= 4 is 0 Å². The van der Waals surface area contributed by atoms with Gasteiger partial charge in [0.25, 0.3) is 0 Å². The highest BCUT2D eigenvalue weighted by atomic mass is 15.2. The molecule has 5 rings (SSSR count). The van der Waals surface area contributed by atoms with Gasteiger partial charge < -0.3 is 9.80 Å². The molecule has 16 heavy (non-hydrogen) atoms. The first kappa shape index (κ1) is 9.90. The molecule has 2 bridgehead atoms. The summed E-state index contributed by atoms with van der Waals surface area (Å²) in [6, 6.07) is 0. The predicted molar refractivity (Wildman–Crippen MR) is 65.2 cm³/mol. The fraction of sp³-hybridized carbons (Fsp3) is 1.00. The Kier molecular flexibility index (Phi) is 2.00. The molecule has 0 spiro atoms. The molecule has 2 heteroatoms. The highest BCUT2D eigenvalue weighted by Gasteiger charge is 2.57. The summed E-state index contributed by atoms with van der Waals surface area (Å²) in [5.74, 6) is 6.42. The lowest BCUT2D eigenvalue weighted by molar-refractivity contribution is -0.0289. The third-order valence-electron chi connectivity index (χ3n) is 6.22. The molecule has 2 nitrogen and oxygen atoms in total. The van der Waals surface area contributed by atoms with Crippen molar-refractivity contribution in [1.82, 2.24) is 9.80 Å². The van der Waals surface area contributed by atoms with Crippen LogP contribution in [0.2, 0.25) is 0 Å². The van der Waals surface area contributed by atoms with Gasteiger partial charge in [-0.05, 0) is 62.4 Å². The normalized spacial score (nSPS) is 56.6. The molecular weight excluding hydrogens is 196 g/mol. The van der Waals surface area contributed by atoms with Crippen molar-refractivity contribution < 1.29 is 0 Å². The zero-order valence-corrected chi connectivity index (χ0v) is 10.6. The predicted octanol–water partition coefficient (Wildman–Crippen LogP) is 1.38. The monoisotopic (exact) mass is 220 g/mol. The van der Waals surface area contributed by atoms with Gasteiger partial charge in [-0.25, -0.2) is 0 Å². The Morgan fingerprint density at radius 3 is 1.19 bits per heavy atom. The summed E-state index contributed by atoms with van der Waals surface area (Å²) in [5.41, 5.74) is 0. The van der Waals surface area contributed by atoms with Gasteiger partial charge in [0.1, 0.15) is 0 Å². The second-order valence-corrected chi connectivity index (χ2v) is 7.00. The molecule has 4 unspecified atom stereocenters. The smallest absolute Gasteiger partial charge is 0.00127 e. The zero-order valence-electron chi connectivity index (χ0n) is 10.6. The van der Waals surface area contributed by atoms with Crippen LogP contribution in [0.3, 0.4) is 0 Å². The van der Waals surface area contributed by atoms with E-state index in [-0.39, 0.29) is 0 Å². The van der Waals surface area contributed by atoms with Gasteiger partial charge in [0.2, 0.25) is 0 Å². The van der Waals surface area contributed by atoms with Crippen molar-refractivity contribution in [2.75, 3.05) is 40.3 Å². The van der Waals surface area contributed by atoms with E-state index in [0.29, 0.717) is 0 Å². The number of fused-ring (bicyclic) bond motifs is 1. The highest BCUT2D eigenvalue weighted by Crippen LogP contribution is 2.58. The first-order chi connectivity index (χ1) is 7.74. The Labute approximate surface area is 99.0 Å². The maximum Gasteiger partial charge on any atom is 0.00127 e. The van der Waals surface area contributed by atoms with Crippen LogP contribution >= 0.6 is 0 Å². The fourth-order valence-corrected chi connectivity index (χ4v) is 5.82. The second-order valence-electron chi connectivity index (χ2n) is 7.00. The van der Waals surface area contributed by atoms with Crippen LogP contribution in [0.25, 0.3) is 0 Å². The van der Waals surface area contributed by atoms with E-state index in [1.807, 2.05) is 0 Å². The van der Waals surface area contributed by atoms with Gasteiger partial charge in [0.15, 0.2) is 0 Å². The van der Waals surface area contributed by atoms with Gasteiger partial charge in [-0.2, -0.15) is 0 Å². The van der Waals surface area contributed by atoms with E-state index in [1.165, 1.54) is 26.2 Å². The summed E-state index contributed by atoms with van der Waals surface area (Å²) in [7, 11) is 4.67. The van der Waals surface area contributed by atoms with Crippen LogP contribution in [0.5, 0.6) is 0 Å². The maximum absolute atomic E-state index is 2.60. The van der Waals surface area contributed by atoms with Gasteiger partial charge in [0, 0.05) is 26.2 Å². The Hall–Kier alpha value is -0.0800. The molecule has 2 aliphatic heterocycles. The SMILES string of the molecule is CN1CC2C3CCC(C2C1)C1CN(C)CC31. The topological polar surface area (TPSA) is 6.48 Å². The Morgan fingerprint density at radius 2 is 0.875 bits per heavy atom. The van der Waals surface area contributed by atoms with Crippen molar-refractivity contribution in [3.63, 3.8) is 0 Å². The van der Waals surface area contributed by atoms with Crippen molar-refractivity contribution in [2.45, 2.75) is 12.8 Å². The van der Waals surface area contributed by atoms with E-state index in [2.05, 4.69) is 23.9 Å². The first-order valence-electron chi connectivity index (χ1n) is 7.11. The summed E-state index contributed by atoms with van der Waals surface area (Å²) >= 11 is 0. The molecule has 0 aromatic rings. The van der Waals surface area contributed by atoms with Crippen molar-refractivity contribution in [3.8, 4) is 0 Å². The summed E-state index contributed by atoms with van der Waals surface area (Å²) in [4.78, 5) is 5.21. The molecule has 0 N–H and O–H groups in total. The van der Waals surface area contributed by atoms with Crippen LogP contribution in [0, 0.1) is 35.5 Å². The van der Waals surface area contributed by atoms with Crippen LogP contribution < -0.4 is 0 Å². The third kappa shape index (κ3) is 1.15. The average Bonchev–Trinajstić information content (AvgIpc) is 2.79. The van der Waals surface area contributed by atoms with Crippen LogP contribution in [-0.4, -0.2) is 50.1 Å². The molecule has 90 valence electrons. The minimum absolute atomic E-state index is 1.07. The molecule has 3 saturated carbocycles. The average molecular weight is 220 g/mol. The number of rotatable bonds is 0. The molecule has 3 aliphatic carbocycles. The minimum Gasteiger partial charge on any atom is -0.306 e. The lowest BCUT2D eigenvalue weighted by atomic mass is 9.52. The summed E-state index contributed by atoms with van der Waals surface area (Å²) in [5, 5.41) is 0. The number of nitrogens with zero attached hydrogens (tertiary/aromatic N) is 2. The molecule has 0 aromatic heterocycles. The highest BCUT2D eigenvalue weighted by molar-refractivity contribution is 5.07. The van der Waals surface area contributed by atoms with Gasteiger partial charge in [-0.1, -0.05) is 0 Å². The summed E-state index contributed by atoms with van der Waals surface area (Å²) in [6.45, 7) is 5.61. The maximum atomic E-state index is 2.60. The Bertz CT molecular complexity index is 249.